The summed E-state index contributed by atoms with van der Waals surface area (Å²) in [6, 6.07) is 17.7. The third-order valence-electron chi connectivity index (χ3n) is 4.95. The number of aromatic nitrogens is 3. The number of hydrogen-bond acceptors (Lipinski definition) is 4. The topological polar surface area (TPSA) is 59.8 Å². The number of nitrogens with one attached hydrogen (secondary N) is 1. The summed E-state index contributed by atoms with van der Waals surface area (Å²) < 4.78 is 2.16. The van der Waals surface area contributed by atoms with Gasteiger partial charge in [0.2, 0.25) is 5.91 Å². The Morgan fingerprint density at radius 2 is 1.90 bits per heavy atom. The van der Waals surface area contributed by atoms with Crippen molar-refractivity contribution in [3.05, 3.63) is 76.6 Å². The van der Waals surface area contributed by atoms with Gasteiger partial charge in [-0.1, -0.05) is 65.8 Å². The second-order valence-electron chi connectivity index (χ2n) is 7.32. The molecule has 0 saturated heterocycles. The molecule has 5 nitrogen and oxygen atoms in total. The smallest absolute Gasteiger partial charge is 0.230 e. The predicted molar refractivity (Wildman–Crippen MR) is 116 cm³/mol. The lowest BCUT2D eigenvalue weighted by Gasteiger charge is -2.14. The molecule has 1 aromatic heterocycles. The molecule has 29 heavy (non-hydrogen) atoms. The molecule has 1 aliphatic carbocycles. The molecule has 1 heterocycles. The van der Waals surface area contributed by atoms with Crippen LogP contribution in [-0.2, 0) is 11.3 Å². The van der Waals surface area contributed by atoms with E-state index in [-0.39, 0.29) is 11.9 Å². The van der Waals surface area contributed by atoms with E-state index in [2.05, 4.69) is 32.2 Å². The fourth-order valence-electron chi connectivity index (χ4n) is 3.21. The second-order valence-corrected chi connectivity index (χ2v) is 8.70. The number of carbonyl (C=O) groups excluding carboxylic acids is 1. The largest absolute Gasteiger partial charge is 0.349 e. The molecule has 3 aromatic rings. The Hall–Kier alpha value is -2.31. The van der Waals surface area contributed by atoms with Gasteiger partial charge in [-0.3, -0.25) is 4.79 Å². The minimum Gasteiger partial charge on any atom is -0.349 e. The van der Waals surface area contributed by atoms with Crippen LogP contribution in [0, 0.1) is 0 Å². The number of amides is 1. The molecule has 2 aromatic carbocycles. The fourth-order valence-corrected chi connectivity index (χ4v) is 4.09. The van der Waals surface area contributed by atoms with Crippen LogP contribution in [0.15, 0.2) is 59.8 Å². The molecule has 1 fully saturated rings. The van der Waals surface area contributed by atoms with Gasteiger partial charge in [0.05, 0.1) is 18.3 Å². The Balaban J connectivity index is 1.40. The average molecular weight is 427 g/mol. The quantitative estimate of drug-likeness (QED) is 0.524. The van der Waals surface area contributed by atoms with Crippen LogP contribution in [-0.4, -0.2) is 26.4 Å². The molecule has 1 unspecified atom stereocenters. The number of carbonyl (C=O) groups is 1. The van der Waals surface area contributed by atoms with E-state index in [1.807, 2.05) is 49.4 Å². The zero-order valence-corrected chi connectivity index (χ0v) is 17.8. The van der Waals surface area contributed by atoms with E-state index in [1.54, 1.807) is 0 Å². The van der Waals surface area contributed by atoms with Crippen LogP contribution in [0.2, 0.25) is 5.02 Å². The van der Waals surface area contributed by atoms with Gasteiger partial charge >= 0.3 is 0 Å². The van der Waals surface area contributed by atoms with Gasteiger partial charge in [0.25, 0.3) is 0 Å². The summed E-state index contributed by atoms with van der Waals surface area (Å²) in [5, 5.41) is 13.3. The normalized spacial score (nSPS) is 14.6. The van der Waals surface area contributed by atoms with Crippen LogP contribution in [0.1, 0.15) is 48.7 Å². The maximum absolute atomic E-state index is 12.5. The molecule has 1 saturated carbocycles. The van der Waals surface area contributed by atoms with Crippen molar-refractivity contribution in [3.63, 3.8) is 0 Å². The number of benzene rings is 2. The molecule has 0 aliphatic heterocycles. The molecule has 7 heteroatoms. The first kappa shape index (κ1) is 20.0. The van der Waals surface area contributed by atoms with Gasteiger partial charge in [-0.25, -0.2) is 0 Å². The lowest BCUT2D eigenvalue weighted by molar-refractivity contribution is -0.119. The molecule has 0 bridgehead atoms. The molecule has 1 amide bonds. The number of rotatable bonds is 8. The van der Waals surface area contributed by atoms with Crippen molar-refractivity contribution >= 4 is 29.3 Å². The standard InChI is InChI=1S/C22H23ClN4OS/c1-15(17-9-11-19(23)12-10-17)24-20(28)14-29-22-26-25-21(18-7-8-18)27(22)13-16-5-3-2-4-6-16/h2-6,9-12,15,18H,7-8,13-14H2,1H3,(H,24,28). The van der Waals surface area contributed by atoms with E-state index < -0.39 is 0 Å². The van der Waals surface area contributed by atoms with E-state index in [9.17, 15) is 4.79 Å². The van der Waals surface area contributed by atoms with Crippen LogP contribution in [0.4, 0.5) is 0 Å². The maximum Gasteiger partial charge on any atom is 0.230 e. The van der Waals surface area contributed by atoms with Gasteiger partial charge < -0.3 is 9.88 Å². The first-order chi connectivity index (χ1) is 14.1. The number of nitrogens with zero attached hydrogens (tertiary/aromatic N) is 3. The molecule has 1 atom stereocenters. The van der Waals surface area contributed by atoms with Gasteiger partial charge in [-0.15, -0.1) is 10.2 Å². The minimum atomic E-state index is -0.0791. The molecular weight excluding hydrogens is 404 g/mol. The second kappa shape index (κ2) is 9.01. The zero-order chi connectivity index (χ0) is 20.2. The van der Waals surface area contributed by atoms with Crippen LogP contribution < -0.4 is 5.32 Å². The number of halogens is 1. The highest BCUT2D eigenvalue weighted by atomic mass is 35.5. The Kier molecular flexibility index (Phi) is 6.21. The van der Waals surface area contributed by atoms with E-state index in [0.717, 1.165) is 35.9 Å². The van der Waals surface area contributed by atoms with Crippen molar-refractivity contribution in [2.75, 3.05) is 5.75 Å². The summed E-state index contributed by atoms with van der Waals surface area (Å²) in [7, 11) is 0. The number of hydrogen-bond donors (Lipinski definition) is 1. The summed E-state index contributed by atoms with van der Waals surface area (Å²) in [5.74, 6) is 1.81. The maximum atomic E-state index is 12.5. The molecule has 1 N–H and O–H groups in total. The van der Waals surface area contributed by atoms with Gasteiger partial charge in [0.15, 0.2) is 5.16 Å². The highest BCUT2D eigenvalue weighted by molar-refractivity contribution is 7.99. The van der Waals surface area contributed by atoms with E-state index in [0.29, 0.717) is 16.7 Å². The summed E-state index contributed by atoms with van der Waals surface area (Å²) in [6.07, 6.45) is 2.33. The van der Waals surface area contributed by atoms with Crippen LogP contribution in [0.3, 0.4) is 0 Å². The average Bonchev–Trinajstić information content (AvgIpc) is 3.49. The van der Waals surface area contributed by atoms with Crippen molar-refractivity contribution in [2.24, 2.45) is 0 Å². The summed E-state index contributed by atoms with van der Waals surface area (Å²) in [4.78, 5) is 12.5. The van der Waals surface area contributed by atoms with Crippen molar-refractivity contribution in [3.8, 4) is 0 Å². The van der Waals surface area contributed by atoms with Crippen molar-refractivity contribution in [2.45, 2.75) is 43.4 Å². The van der Waals surface area contributed by atoms with Gasteiger partial charge in [-0.05, 0) is 43.0 Å². The Bertz CT molecular complexity index is 970. The first-order valence-electron chi connectivity index (χ1n) is 9.75. The zero-order valence-electron chi connectivity index (χ0n) is 16.2. The fraction of sp³-hybridized carbons (Fsp3) is 0.318. The summed E-state index contributed by atoms with van der Waals surface area (Å²) >= 11 is 7.37. The molecule has 1 aliphatic rings. The molecule has 150 valence electrons. The highest BCUT2D eigenvalue weighted by Crippen LogP contribution is 2.40. The van der Waals surface area contributed by atoms with Gasteiger partial charge in [-0.2, -0.15) is 0 Å². The Labute approximate surface area is 179 Å². The van der Waals surface area contributed by atoms with Crippen molar-refractivity contribution in [1.82, 2.24) is 20.1 Å². The summed E-state index contributed by atoms with van der Waals surface area (Å²) in [6.45, 7) is 2.69. The monoisotopic (exact) mass is 426 g/mol. The highest BCUT2D eigenvalue weighted by Gasteiger charge is 2.30. The lowest BCUT2D eigenvalue weighted by atomic mass is 10.1. The van der Waals surface area contributed by atoms with Crippen LogP contribution in [0.25, 0.3) is 0 Å². The third kappa shape index (κ3) is 5.19. The van der Waals surface area contributed by atoms with E-state index in [4.69, 9.17) is 11.6 Å². The SMILES string of the molecule is CC(NC(=O)CSc1nnc(C2CC2)n1Cc1ccccc1)c1ccc(Cl)cc1. The van der Waals surface area contributed by atoms with E-state index >= 15 is 0 Å². The van der Waals surface area contributed by atoms with Crippen molar-refractivity contribution in [1.29, 1.82) is 0 Å². The molecule has 0 spiro atoms. The summed E-state index contributed by atoms with van der Waals surface area (Å²) in [5.41, 5.74) is 2.23. The lowest BCUT2D eigenvalue weighted by Crippen LogP contribution is -2.28. The Morgan fingerprint density at radius 3 is 2.59 bits per heavy atom. The molecule has 4 rings (SSSR count). The van der Waals surface area contributed by atoms with Gasteiger partial charge in [0, 0.05) is 10.9 Å². The molecule has 0 radical (unpaired) electrons. The first-order valence-corrected chi connectivity index (χ1v) is 11.1. The number of thioether (sulfide) groups is 1. The third-order valence-corrected chi connectivity index (χ3v) is 6.17. The minimum absolute atomic E-state index is 0.0281. The molecular formula is C22H23ClN4OS. The van der Waals surface area contributed by atoms with Crippen molar-refractivity contribution < 1.29 is 4.79 Å². The van der Waals surface area contributed by atoms with Gasteiger partial charge in [0.1, 0.15) is 5.82 Å². The van der Waals surface area contributed by atoms with Crippen LogP contribution in [0.5, 0.6) is 0 Å². The van der Waals surface area contributed by atoms with Crippen LogP contribution >= 0.6 is 23.4 Å². The van der Waals surface area contributed by atoms with E-state index in [1.165, 1.54) is 17.3 Å². The predicted octanol–water partition coefficient (Wildman–Crippen LogP) is 4.83. The Morgan fingerprint density at radius 1 is 1.17 bits per heavy atom.